The molecule has 1 aliphatic rings. The lowest BCUT2D eigenvalue weighted by molar-refractivity contribution is 0.0395. The lowest BCUT2D eigenvalue weighted by Gasteiger charge is -2.30. The van der Waals surface area contributed by atoms with Crippen LogP contribution in [-0.4, -0.2) is 63.2 Å². The number of morpholine rings is 1. The van der Waals surface area contributed by atoms with Crippen LogP contribution in [0.4, 0.5) is 5.69 Å². The van der Waals surface area contributed by atoms with Crippen molar-refractivity contribution >= 4 is 21.6 Å². The average Bonchev–Trinajstić information content (AvgIpc) is 3.06. The van der Waals surface area contributed by atoms with E-state index < -0.39 is 15.9 Å². The first-order valence-electron chi connectivity index (χ1n) is 8.73. The summed E-state index contributed by atoms with van der Waals surface area (Å²) < 4.78 is 34.8. The zero-order valence-corrected chi connectivity index (χ0v) is 16.1. The normalized spacial score (nSPS) is 15.6. The van der Waals surface area contributed by atoms with Gasteiger partial charge >= 0.3 is 0 Å². The Hall–Kier alpha value is -2.36. The van der Waals surface area contributed by atoms with Crippen molar-refractivity contribution in [3.63, 3.8) is 0 Å². The SMILES string of the molecule is Cn1cc(S(=O)(=O)N(CCN2CCOCC2)c2ccccc2)cc1C(N)=O. The van der Waals surface area contributed by atoms with Gasteiger partial charge in [-0.2, -0.15) is 0 Å². The third-order valence-electron chi connectivity index (χ3n) is 4.59. The van der Waals surface area contributed by atoms with Crippen LogP contribution >= 0.6 is 0 Å². The van der Waals surface area contributed by atoms with Crippen molar-refractivity contribution in [3.8, 4) is 0 Å². The van der Waals surface area contributed by atoms with Crippen LogP contribution < -0.4 is 10.0 Å². The van der Waals surface area contributed by atoms with Crippen molar-refractivity contribution in [3.05, 3.63) is 48.3 Å². The molecule has 2 aromatic rings. The van der Waals surface area contributed by atoms with Crippen molar-refractivity contribution in [2.75, 3.05) is 43.7 Å². The van der Waals surface area contributed by atoms with Crippen LogP contribution in [-0.2, 0) is 21.8 Å². The van der Waals surface area contributed by atoms with E-state index in [0.29, 0.717) is 32.0 Å². The molecule has 0 atom stereocenters. The van der Waals surface area contributed by atoms with Gasteiger partial charge in [0, 0.05) is 39.4 Å². The van der Waals surface area contributed by atoms with Gasteiger partial charge in [0.25, 0.3) is 15.9 Å². The number of amides is 1. The van der Waals surface area contributed by atoms with Gasteiger partial charge in [-0.05, 0) is 18.2 Å². The number of ether oxygens (including phenoxy) is 1. The van der Waals surface area contributed by atoms with E-state index in [4.69, 9.17) is 10.5 Å². The first kappa shape index (κ1) is 19.4. The van der Waals surface area contributed by atoms with E-state index in [1.807, 2.05) is 6.07 Å². The number of para-hydroxylation sites is 1. The Labute approximate surface area is 159 Å². The van der Waals surface area contributed by atoms with Gasteiger partial charge in [0.1, 0.15) is 10.6 Å². The Bertz CT molecular complexity index is 889. The molecular weight excluding hydrogens is 368 g/mol. The Kier molecular flexibility index (Phi) is 5.83. The second kappa shape index (κ2) is 8.12. The van der Waals surface area contributed by atoms with E-state index in [1.165, 1.54) is 21.1 Å². The van der Waals surface area contributed by atoms with Crippen LogP contribution in [0.15, 0.2) is 47.5 Å². The summed E-state index contributed by atoms with van der Waals surface area (Å²) in [4.78, 5) is 13.7. The first-order valence-corrected chi connectivity index (χ1v) is 10.2. The number of rotatable bonds is 7. The standard InChI is InChI=1S/C18H24N4O4S/c1-20-14-16(13-17(20)18(19)23)27(24,25)22(15-5-3-2-4-6-15)8-7-21-9-11-26-12-10-21/h2-6,13-14H,7-12H2,1H3,(H2,19,23). The summed E-state index contributed by atoms with van der Waals surface area (Å²) in [5.41, 5.74) is 6.05. The average molecular weight is 392 g/mol. The van der Waals surface area contributed by atoms with Gasteiger partial charge in [-0.1, -0.05) is 18.2 Å². The molecule has 0 aliphatic carbocycles. The van der Waals surface area contributed by atoms with Gasteiger partial charge in [-0.15, -0.1) is 0 Å². The molecule has 1 aliphatic heterocycles. The van der Waals surface area contributed by atoms with E-state index in [1.54, 1.807) is 31.3 Å². The van der Waals surface area contributed by atoms with Crippen molar-refractivity contribution in [2.45, 2.75) is 4.90 Å². The summed E-state index contributed by atoms with van der Waals surface area (Å²) in [6.07, 6.45) is 1.42. The Morgan fingerprint density at radius 3 is 2.48 bits per heavy atom. The third kappa shape index (κ3) is 4.32. The Morgan fingerprint density at radius 2 is 1.89 bits per heavy atom. The van der Waals surface area contributed by atoms with Crippen LogP contribution in [0.2, 0.25) is 0 Å². The van der Waals surface area contributed by atoms with Gasteiger partial charge in [0.2, 0.25) is 0 Å². The molecule has 0 radical (unpaired) electrons. The topological polar surface area (TPSA) is 97.9 Å². The highest BCUT2D eigenvalue weighted by molar-refractivity contribution is 7.92. The van der Waals surface area contributed by atoms with Crippen LogP contribution in [0.1, 0.15) is 10.5 Å². The lowest BCUT2D eigenvalue weighted by atomic mass is 10.3. The highest BCUT2D eigenvalue weighted by Crippen LogP contribution is 2.24. The highest BCUT2D eigenvalue weighted by atomic mass is 32.2. The largest absolute Gasteiger partial charge is 0.379 e. The molecule has 1 aromatic heterocycles. The fourth-order valence-electron chi connectivity index (χ4n) is 3.09. The van der Waals surface area contributed by atoms with Crippen LogP contribution in [0.25, 0.3) is 0 Å². The van der Waals surface area contributed by atoms with Gasteiger partial charge in [-0.25, -0.2) is 8.42 Å². The molecule has 0 spiro atoms. The highest BCUT2D eigenvalue weighted by Gasteiger charge is 2.28. The molecule has 2 heterocycles. The predicted molar refractivity (Wildman–Crippen MR) is 102 cm³/mol. The number of aromatic nitrogens is 1. The number of benzene rings is 1. The van der Waals surface area contributed by atoms with E-state index >= 15 is 0 Å². The molecule has 27 heavy (non-hydrogen) atoms. The lowest BCUT2D eigenvalue weighted by Crippen LogP contribution is -2.43. The molecule has 2 N–H and O–H groups in total. The predicted octanol–water partition coefficient (Wildman–Crippen LogP) is 0.652. The number of nitrogens with two attached hydrogens (primary N) is 1. The fraction of sp³-hybridized carbons (Fsp3) is 0.389. The zero-order valence-electron chi connectivity index (χ0n) is 15.2. The summed E-state index contributed by atoms with van der Waals surface area (Å²) in [5, 5.41) is 0. The smallest absolute Gasteiger partial charge is 0.265 e. The summed E-state index contributed by atoms with van der Waals surface area (Å²) in [6.45, 7) is 3.75. The fourth-order valence-corrected chi connectivity index (χ4v) is 4.61. The molecule has 0 unspecified atom stereocenters. The maximum atomic E-state index is 13.3. The number of primary amides is 1. The maximum Gasteiger partial charge on any atom is 0.265 e. The molecule has 3 rings (SSSR count). The summed E-state index contributed by atoms with van der Waals surface area (Å²) in [7, 11) is -2.25. The quantitative estimate of drug-likeness (QED) is 0.746. The zero-order chi connectivity index (χ0) is 19.4. The number of aryl methyl sites for hydroxylation is 1. The molecule has 1 aromatic carbocycles. The molecule has 1 amide bonds. The van der Waals surface area contributed by atoms with Gasteiger partial charge < -0.3 is 15.0 Å². The van der Waals surface area contributed by atoms with Crippen molar-refractivity contribution in [2.24, 2.45) is 12.8 Å². The second-order valence-electron chi connectivity index (χ2n) is 6.40. The summed E-state index contributed by atoms with van der Waals surface area (Å²) in [6, 6.07) is 10.3. The maximum absolute atomic E-state index is 13.3. The number of sulfonamides is 1. The molecule has 1 fully saturated rings. The molecule has 8 nitrogen and oxygen atoms in total. The van der Waals surface area contributed by atoms with Crippen LogP contribution in [0.5, 0.6) is 0 Å². The Balaban J connectivity index is 1.91. The number of hydrogen-bond donors (Lipinski definition) is 1. The Morgan fingerprint density at radius 1 is 1.22 bits per heavy atom. The van der Waals surface area contributed by atoms with Gasteiger partial charge in [-0.3, -0.25) is 14.0 Å². The molecule has 146 valence electrons. The molecule has 0 bridgehead atoms. The molecule has 0 saturated carbocycles. The molecule has 1 saturated heterocycles. The van der Waals surface area contributed by atoms with Crippen LogP contribution in [0, 0.1) is 0 Å². The minimum absolute atomic E-state index is 0.0460. The second-order valence-corrected chi connectivity index (χ2v) is 8.27. The van der Waals surface area contributed by atoms with Crippen molar-refractivity contribution < 1.29 is 17.9 Å². The first-order chi connectivity index (χ1) is 12.9. The summed E-state index contributed by atoms with van der Waals surface area (Å²) >= 11 is 0. The van der Waals surface area contributed by atoms with Gasteiger partial charge in [0.05, 0.1) is 18.9 Å². The van der Waals surface area contributed by atoms with Crippen molar-refractivity contribution in [1.82, 2.24) is 9.47 Å². The minimum Gasteiger partial charge on any atom is -0.379 e. The number of hydrogen-bond acceptors (Lipinski definition) is 5. The third-order valence-corrected chi connectivity index (χ3v) is 6.38. The number of carbonyl (C=O) groups excluding carboxylic acids is 1. The number of anilines is 1. The van der Waals surface area contributed by atoms with Gasteiger partial charge in [0.15, 0.2) is 0 Å². The van der Waals surface area contributed by atoms with Crippen molar-refractivity contribution in [1.29, 1.82) is 0 Å². The minimum atomic E-state index is -3.84. The molecule has 9 heteroatoms. The summed E-state index contributed by atoms with van der Waals surface area (Å²) in [5.74, 6) is -0.668. The number of carbonyl (C=O) groups is 1. The molecular formula is C18H24N4O4S. The van der Waals surface area contributed by atoms with Crippen LogP contribution in [0.3, 0.4) is 0 Å². The van der Waals surface area contributed by atoms with E-state index in [2.05, 4.69) is 4.90 Å². The monoisotopic (exact) mass is 392 g/mol. The van der Waals surface area contributed by atoms with E-state index in [0.717, 1.165) is 13.1 Å². The van der Waals surface area contributed by atoms with E-state index in [-0.39, 0.29) is 10.6 Å². The van der Waals surface area contributed by atoms with E-state index in [9.17, 15) is 13.2 Å². The number of nitrogens with zero attached hydrogens (tertiary/aromatic N) is 3.